The van der Waals surface area contributed by atoms with Gasteiger partial charge in [0.1, 0.15) is 17.6 Å². The van der Waals surface area contributed by atoms with E-state index in [2.05, 4.69) is 11.0 Å². The molecule has 0 aliphatic rings. The molecule has 0 bridgehead atoms. The Morgan fingerprint density at radius 3 is 2.13 bits per heavy atom. The zero-order valence-corrected chi connectivity index (χ0v) is 21.5. The number of hydrogen-bond acceptors (Lipinski definition) is 10. The lowest BCUT2D eigenvalue weighted by molar-refractivity contribution is -0.107. The fraction of sp³-hybridized carbons (Fsp3) is 0.111. The second kappa shape index (κ2) is 12.6. The van der Waals surface area contributed by atoms with Crippen LogP contribution in [0.3, 0.4) is 0 Å². The van der Waals surface area contributed by atoms with Crippen LogP contribution in [0.4, 0.5) is 9.59 Å². The summed E-state index contributed by atoms with van der Waals surface area (Å²) in [6.45, 7) is 1.27. The zero-order valence-electron chi connectivity index (χ0n) is 20.7. The molecule has 0 fully saturated rings. The van der Waals surface area contributed by atoms with Gasteiger partial charge in [-0.2, -0.15) is 11.0 Å². The maximum Gasteiger partial charge on any atom is 0.539 e. The fourth-order valence-electron chi connectivity index (χ4n) is 3.41. The number of hydroxylamine groups is 2. The van der Waals surface area contributed by atoms with Crippen LogP contribution in [0.25, 0.3) is 5.69 Å². The van der Waals surface area contributed by atoms with E-state index in [1.807, 2.05) is 0 Å². The highest BCUT2D eigenvalue weighted by Crippen LogP contribution is 2.22. The van der Waals surface area contributed by atoms with Gasteiger partial charge in [0.05, 0.1) is 23.7 Å². The largest absolute Gasteiger partial charge is 0.561 e. The number of aliphatic hydroxyl groups excluding tert-OH is 1. The van der Waals surface area contributed by atoms with Crippen LogP contribution in [0.15, 0.2) is 91.0 Å². The molecule has 1 unspecified atom stereocenters. The summed E-state index contributed by atoms with van der Waals surface area (Å²) in [7, 11) is -1.71. The lowest BCUT2D eigenvalue weighted by Crippen LogP contribution is -2.39. The maximum absolute atomic E-state index is 12.9. The number of para-hydroxylation sites is 2. The second-order valence-corrected chi connectivity index (χ2v) is 8.79. The van der Waals surface area contributed by atoms with Gasteiger partial charge in [-0.25, -0.2) is 14.3 Å². The highest BCUT2D eigenvalue weighted by molar-refractivity contribution is 7.77. The van der Waals surface area contributed by atoms with Crippen molar-refractivity contribution in [3.05, 3.63) is 102 Å². The van der Waals surface area contributed by atoms with Gasteiger partial charge < -0.3 is 23.0 Å². The summed E-state index contributed by atoms with van der Waals surface area (Å²) in [5, 5.41) is 15.9. The average Bonchev–Trinajstić information content (AvgIpc) is 3.31. The Kier molecular flexibility index (Phi) is 8.82. The minimum Gasteiger partial charge on any atom is -0.561 e. The normalized spacial score (nSPS) is 11.5. The number of benzene rings is 3. The molecule has 3 aromatic carbocycles. The van der Waals surface area contributed by atoms with Gasteiger partial charge >= 0.3 is 12.2 Å². The number of amides is 1. The van der Waals surface area contributed by atoms with Crippen LogP contribution < -0.4 is 13.7 Å². The summed E-state index contributed by atoms with van der Waals surface area (Å²) >= 11 is 0. The second-order valence-electron chi connectivity index (χ2n) is 8.02. The molecule has 4 rings (SSSR count). The van der Waals surface area contributed by atoms with Gasteiger partial charge in [-0.15, -0.1) is 15.7 Å². The van der Waals surface area contributed by atoms with Crippen molar-refractivity contribution in [1.29, 1.82) is 0 Å². The number of carbonyl (C=O) groups excluding carboxylic acids is 2. The molecule has 0 spiro atoms. The topological polar surface area (TPSA) is 129 Å². The number of aromatic nitrogens is 2. The van der Waals surface area contributed by atoms with Gasteiger partial charge in [-0.1, -0.05) is 36.4 Å². The number of aliphatic hydroxyl groups is 1. The Bertz CT molecular complexity index is 1480. The molecule has 1 heterocycles. The quantitative estimate of drug-likeness (QED) is 0.111. The molecule has 0 saturated carbocycles. The van der Waals surface area contributed by atoms with Crippen LogP contribution in [0.5, 0.6) is 17.2 Å². The molecule has 12 heteroatoms. The first-order valence-electron chi connectivity index (χ1n) is 11.5. The summed E-state index contributed by atoms with van der Waals surface area (Å²) in [5.41, 5.74) is 1.50. The van der Waals surface area contributed by atoms with E-state index in [1.165, 1.54) is 12.1 Å². The highest BCUT2D eigenvalue weighted by atomic mass is 32.2. The molecule has 4 aromatic rings. The number of carbonyl (C=O) groups is 2. The molecule has 11 nitrogen and oxygen atoms in total. The van der Waals surface area contributed by atoms with Crippen molar-refractivity contribution in [2.45, 2.75) is 13.0 Å². The lowest BCUT2D eigenvalue weighted by Gasteiger charge is -2.22. The van der Waals surface area contributed by atoms with E-state index in [0.29, 0.717) is 22.2 Å². The first kappa shape index (κ1) is 27.2. The molecule has 0 saturated heterocycles. The van der Waals surface area contributed by atoms with E-state index in [1.54, 1.807) is 90.5 Å². The molecule has 0 aliphatic carbocycles. The van der Waals surface area contributed by atoms with Crippen LogP contribution in [-0.4, -0.2) is 44.6 Å². The molecule has 0 aliphatic heterocycles. The Balaban J connectivity index is 1.50. The zero-order chi connectivity index (χ0) is 27.8. The average molecular weight is 551 g/mol. The molecule has 0 radical (unpaired) electrons. The number of aryl methyl sites for hydroxylation is 1. The van der Waals surface area contributed by atoms with Gasteiger partial charge in [0.15, 0.2) is 0 Å². The minimum atomic E-state index is -1.71. The van der Waals surface area contributed by atoms with Crippen LogP contribution in [-0.2, 0) is 19.7 Å². The fourth-order valence-corrected chi connectivity index (χ4v) is 3.73. The monoisotopic (exact) mass is 550 g/mol. The smallest absolute Gasteiger partial charge is 0.539 e. The Morgan fingerprint density at radius 1 is 0.949 bits per heavy atom. The Morgan fingerprint density at radius 2 is 1.54 bits per heavy atom. The van der Waals surface area contributed by atoms with Crippen molar-refractivity contribution in [3.63, 3.8) is 0 Å². The number of nitrogens with zero attached hydrogens (tertiary/aromatic N) is 3. The minimum absolute atomic E-state index is 0.198. The molecule has 39 heavy (non-hydrogen) atoms. The molecule has 1 N–H and O–H groups in total. The summed E-state index contributed by atoms with van der Waals surface area (Å²) in [6, 6.07) is 24.5. The van der Waals surface area contributed by atoms with Crippen molar-refractivity contribution >= 4 is 28.8 Å². The third-order valence-electron chi connectivity index (χ3n) is 5.14. The van der Waals surface area contributed by atoms with E-state index < -0.39 is 35.6 Å². The van der Waals surface area contributed by atoms with Crippen molar-refractivity contribution in [3.8, 4) is 22.9 Å². The molecule has 202 valence electrons. The first-order chi connectivity index (χ1) is 18.8. The maximum atomic E-state index is 12.9. The molecule has 1 atom stereocenters. The lowest BCUT2D eigenvalue weighted by atomic mass is 10.2. The molecule has 1 amide bonds. The van der Waals surface area contributed by atoms with Gasteiger partial charge in [-0.05, 0) is 61.5 Å². The van der Waals surface area contributed by atoms with Crippen molar-refractivity contribution in [2.24, 2.45) is 0 Å². The SMILES string of the molecule is C=[S-](=O)Oc1ccc(-n2nc(C(O)CN(OC(=O)Oc3ccccc3)C(=O)Oc3ccccc3)cc2C)cc1. The summed E-state index contributed by atoms with van der Waals surface area (Å²) < 4.78 is 28.1. The molecular formula is C27H24N3O8S-. The predicted molar refractivity (Wildman–Crippen MR) is 142 cm³/mol. The van der Waals surface area contributed by atoms with Crippen LogP contribution in [0.1, 0.15) is 17.5 Å². The van der Waals surface area contributed by atoms with E-state index in [4.69, 9.17) is 18.5 Å². The Hall–Kier alpha value is -4.81. The first-order valence-corrected chi connectivity index (χ1v) is 12.8. The van der Waals surface area contributed by atoms with Gasteiger partial charge in [0.25, 0.3) is 0 Å². The van der Waals surface area contributed by atoms with Crippen molar-refractivity contribution < 1.29 is 37.4 Å². The third-order valence-corrected chi connectivity index (χ3v) is 5.52. The summed E-state index contributed by atoms with van der Waals surface area (Å²) in [5.74, 6) is 4.05. The van der Waals surface area contributed by atoms with E-state index in [0.717, 1.165) is 0 Å². The molecular weight excluding hydrogens is 526 g/mol. The van der Waals surface area contributed by atoms with Gasteiger partial charge in [-0.3, -0.25) is 4.84 Å². The molecule has 1 aromatic heterocycles. The highest BCUT2D eigenvalue weighted by Gasteiger charge is 2.27. The van der Waals surface area contributed by atoms with Crippen LogP contribution in [0.2, 0.25) is 0 Å². The Labute approximate surface area is 225 Å². The summed E-state index contributed by atoms with van der Waals surface area (Å²) in [4.78, 5) is 30.4. The van der Waals surface area contributed by atoms with E-state index >= 15 is 0 Å². The number of hydrogen-bond donors (Lipinski definition) is 1. The van der Waals surface area contributed by atoms with Crippen molar-refractivity contribution in [1.82, 2.24) is 14.8 Å². The summed E-state index contributed by atoms with van der Waals surface area (Å²) in [6.07, 6.45) is -3.63. The number of ether oxygens (including phenoxy) is 2. The van der Waals surface area contributed by atoms with Gasteiger partial charge in [0.2, 0.25) is 0 Å². The number of rotatable bonds is 8. The third kappa shape index (κ3) is 7.60. The van der Waals surface area contributed by atoms with Crippen molar-refractivity contribution in [2.75, 3.05) is 6.54 Å². The van der Waals surface area contributed by atoms with E-state index in [9.17, 15) is 18.9 Å². The van der Waals surface area contributed by atoms with E-state index in [-0.39, 0.29) is 17.2 Å². The standard InChI is InChI=1S/C27H24N3O8S/c1-19-17-24(28-30(19)20-13-15-23(16-14-20)38-39(2)34)25(31)18-29(26(32)35-21-9-5-3-6-10-21)37-27(33)36-22-11-7-4-8-12-22/h3-17,25,31H,2,18H2,1H3/q-1. The van der Waals surface area contributed by atoms with Crippen LogP contribution in [0, 0.1) is 6.92 Å². The van der Waals surface area contributed by atoms with Crippen LogP contribution >= 0.6 is 0 Å². The predicted octanol–water partition coefficient (Wildman–Crippen LogP) is 4.54. The van der Waals surface area contributed by atoms with Gasteiger partial charge in [0, 0.05) is 5.69 Å².